The van der Waals surface area contributed by atoms with E-state index < -0.39 is 23.5 Å². The molecule has 0 spiro atoms. The molecule has 0 radical (unpaired) electrons. The lowest BCUT2D eigenvalue weighted by Gasteiger charge is -2.28. The van der Waals surface area contributed by atoms with Gasteiger partial charge in [-0.25, -0.2) is 0 Å². The molecular weight excluding hydrogens is 360 g/mol. The van der Waals surface area contributed by atoms with E-state index in [1.165, 1.54) is 17.2 Å². The van der Waals surface area contributed by atoms with Crippen LogP contribution in [0.5, 0.6) is 5.75 Å². The fourth-order valence-corrected chi connectivity index (χ4v) is 3.25. The Morgan fingerprint density at radius 3 is 2.71 bits per heavy atom. The predicted octanol–water partition coefficient (Wildman–Crippen LogP) is 2.82. The van der Waals surface area contributed by atoms with Crippen molar-refractivity contribution in [1.82, 2.24) is 9.80 Å². The van der Waals surface area contributed by atoms with E-state index in [-0.39, 0.29) is 11.3 Å². The lowest BCUT2D eigenvalue weighted by atomic mass is 9.95. The second-order valence-corrected chi connectivity index (χ2v) is 6.78. The molecule has 1 N–H and O–H groups in total. The summed E-state index contributed by atoms with van der Waals surface area (Å²) in [7, 11) is 3.79. The SMILES string of the molecule is CCOc1cccc(C2C(C(=O)c3ccco3)=C(O)C(=O)N2CCN(C)C)c1. The summed E-state index contributed by atoms with van der Waals surface area (Å²) < 4.78 is 10.8. The number of hydrogen-bond acceptors (Lipinski definition) is 6. The minimum absolute atomic E-state index is 0.0207. The van der Waals surface area contributed by atoms with Gasteiger partial charge in [-0.3, -0.25) is 9.59 Å². The maximum atomic E-state index is 13.0. The Bertz CT molecular complexity index is 886. The van der Waals surface area contributed by atoms with E-state index >= 15 is 0 Å². The van der Waals surface area contributed by atoms with Gasteiger partial charge in [-0.15, -0.1) is 0 Å². The molecule has 3 rings (SSSR count). The Morgan fingerprint density at radius 2 is 2.07 bits per heavy atom. The summed E-state index contributed by atoms with van der Waals surface area (Å²) in [4.78, 5) is 29.2. The molecule has 148 valence electrons. The number of aliphatic hydroxyl groups is 1. The van der Waals surface area contributed by atoms with Gasteiger partial charge >= 0.3 is 0 Å². The van der Waals surface area contributed by atoms with E-state index in [0.717, 1.165) is 0 Å². The first-order valence-corrected chi connectivity index (χ1v) is 9.13. The van der Waals surface area contributed by atoms with Crippen molar-refractivity contribution in [3.05, 3.63) is 65.3 Å². The van der Waals surface area contributed by atoms with Crippen molar-refractivity contribution in [2.75, 3.05) is 33.8 Å². The van der Waals surface area contributed by atoms with Gasteiger partial charge in [0.25, 0.3) is 5.91 Å². The monoisotopic (exact) mass is 384 g/mol. The van der Waals surface area contributed by atoms with Gasteiger partial charge in [-0.1, -0.05) is 12.1 Å². The Kier molecular flexibility index (Phi) is 5.84. The standard InChI is InChI=1S/C21H24N2O5/c1-4-27-15-8-5-7-14(13-15)18-17(19(24)16-9-6-12-28-16)20(25)21(26)23(18)11-10-22(2)3/h5-9,12-13,18,25H,4,10-11H2,1-3H3. The van der Waals surface area contributed by atoms with Crippen molar-refractivity contribution in [2.45, 2.75) is 13.0 Å². The second kappa shape index (κ2) is 8.31. The number of benzene rings is 1. The maximum absolute atomic E-state index is 13.0. The number of ketones is 1. The summed E-state index contributed by atoms with van der Waals surface area (Å²) in [6.07, 6.45) is 1.39. The second-order valence-electron chi connectivity index (χ2n) is 6.78. The van der Waals surface area contributed by atoms with Gasteiger partial charge in [-0.2, -0.15) is 0 Å². The summed E-state index contributed by atoms with van der Waals surface area (Å²) in [6, 6.07) is 9.62. The van der Waals surface area contributed by atoms with Crippen molar-refractivity contribution in [3.8, 4) is 5.75 Å². The Morgan fingerprint density at radius 1 is 1.29 bits per heavy atom. The summed E-state index contributed by atoms with van der Waals surface area (Å²) in [5.41, 5.74) is 0.712. The zero-order chi connectivity index (χ0) is 20.3. The number of rotatable bonds is 8. The number of carbonyl (C=O) groups is 2. The highest BCUT2D eigenvalue weighted by Gasteiger charge is 2.44. The Hall–Kier alpha value is -3.06. The van der Waals surface area contributed by atoms with Gasteiger partial charge in [0.05, 0.1) is 24.5 Å². The summed E-state index contributed by atoms with van der Waals surface area (Å²) >= 11 is 0. The fourth-order valence-electron chi connectivity index (χ4n) is 3.25. The number of carbonyl (C=O) groups excluding carboxylic acids is 2. The topological polar surface area (TPSA) is 83.2 Å². The van der Waals surface area contributed by atoms with Gasteiger partial charge in [0.2, 0.25) is 5.78 Å². The molecule has 2 heterocycles. The first kappa shape index (κ1) is 19.7. The minimum Gasteiger partial charge on any atom is -0.503 e. The largest absolute Gasteiger partial charge is 0.503 e. The number of likely N-dealkylation sites (N-methyl/N-ethyl adjacent to an activating group) is 1. The van der Waals surface area contributed by atoms with Crippen molar-refractivity contribution in [2.24, 2.45) is 0 Å². The van der Waals surface area contributed by atoms with Crippen molar-refractivity contribution >= 4 is 11.7 Å². The van der Waals surface area contributed by atoms with Crippen molar-refractivity contribution in [1.29, 1.82) is 0 Å². The zero-order valence-corrected chi connectivity index (χ0v) is 16.2. The highest BCUT2D eigenvalue weighted by molar-refractivity contribution is 6.15. The average Bonchev–Trinajstić information content (AvgIpc) is 3.28. The van der Waals surface area contributed by atoms with Crippen LogP contribution in [0.2, 0.25) is 0 Å². The van der Waals surface area contributed by atoms with E-state index in [1.54, 1.807) is 18.2 Å². The predicted molar refractivity (Wildman–Crippen MR) is 103 cm³/mol. The van der Waals surface area contributed by atoms with Crippen LogP contribution < -0.4 is 4.74 Å². The van der Waals surface area contributed by atoms with Crippen molar-refractivity contribution in [3.63, 3.8) is 0 Å². The molecule has 1 aliphatic rings. The third-order valence-electron chi connectivity index (χ3n) is 4.57. The Balaban J connectivity index is 2.05. The molecule has 0 saturated heterocycles. The molecule has 1 unspecified atom stereocenters. The molecule has 1 atom stereocenters. The van der Waals surface area contributed by atoms with Gasteiger partial charge in [0.15, 0.2) is 11.5 Å². The van der Waals surface area contributed by atoms with Gasteiger partial charge < -0.3 is 24.1 Å². The number of ether oxygens (including phenoxy) is 1. The molecule has 0 aliphatic carbocycles. The molecular formula is C21H24N2O5. The quantitative estimate of drug-likeness (QED) is 0.705. The molecule has 0 bridgehead atoms. The van der Waals surface area contributed by atoms with Crippen molar-refractivity contribution < 1.29 is 23.8 Å². The van der Waals surface area contributed by atoms with Crippen LogP contribution in [0.15, 0.2) is 58.4 Å². The van der Waals surface area contributed by atoms with Crippen LogP contribution in [0.4, 0.5) is 0 Å². The van der Waals surface area contributed by atoms with E-state index in [1.807, 2.05) is 38.1 Å². The molecule has 1 aliphatic heterocycles. The number of aliphatic hydroxyl groups excluding tert-OH is 1. The van der Waals surface area contributed by atoms with Crippen LogP contribution >= 0.6 is 0 Å². The summed E-state index contributed by atoms with van der Waals surface area (Å²) in [6.45, 7) is 3.32. The molecule has 7 nitrogen and oxygen atoms in total. The van der Waals surface area contributed by atoms with E-state index in [2.05, 4.69) is 0 Å². The van der Waals surface area contributed by atoms with Crippen LogP contribution in [0, 0.1) is 0 Å². The number of Topliss-reactive ketones (excluding diaryl/α,β-unsaturated/α-hetero) is 1. The average molecular weight is 384 g/mol. The number of hydrogen-bond donors (Lipinski definition) is 1. The minimum atomic E-state index is -0.717. The number of amides is 1. The normalized spacial score (nSPS) is 16.9. The smallest absolute Gasteiger partial charge is 0.290 e. The van der Waals surface area contributed by atoms with Gasteiger partial charge in [-0.05, 0) is 50.8 Å². The van der Waals surface area contributed by atoms with Crippen LogP contribution in [-0.2, 0) is 4.79 Å². The first-order valence-electron chi connectivity index (χ1n) is 9.13. The van der Waals surface area contributed by atoms with Crippen LogP contribution in [-0.4, -0.2) is 60.4 Å². The van der Waals surface area contributed by atoms with E-state index in [9.17, 15) is 14.7 Å². The van der Waals surface area contributed by atoms with Crippen LogP contribution in [0.25, 0.3) is 0 Å². The van der Waals surface area contributed by atoms with E-state index in [4.69, 9.17) is 9.15 Å². The third-order valence-corrected chi connectivity index (χ3v) is 4.57. The number of nitrogens with zero attached hydrogens (tertiary/aromatic N) is 2. The lowest BCUT2D eigenvalue weighted by Crippen LogP contribution is -2.36. The molecule has 7 heteroatoms. The molecule has 1 amide bonds. The summed E-state index contributed by atoms with van der Waals surface area (Å²) in [5.74, 6) is -0.892. The first-order chi connectivity index (χ1) is 13.4. The Labute approximate surface area is 163 Å². The highest BCUT2D eigenvalue weighted by atomic mass is 16.5. The van der Waals surface area contributed by atoms with Crippen LogP contribution in [0.3, 0.4) is 0 Å². The fraction of sp³-hybridized carbons (Fsp3) is 0.333. The molecule has 0 fully saturated rings. The molecule has 0 saturated carbocycles. The van der Waals surface area contributed by atoms with Gasteiger partial charge in [0, 0.05) is 13.1 Å². The van der Waals surface area contributed by atoms with Gasteiger partial charge in [0.1, 0.15) is 5.75 Å². The third kappa shape index (κ3) is 3.80. The summed E-state index contributed by atoms with van der Waals surface area (Å²) in [5, 5.41) is 10.5. The maximum Gasteiger partial charge on any atom is 0.290 e. The molecule has 28 heavy (non-hydrogen) atoms. The number of furan rings is 1. The van der Waals surface area contributed by atoms with E-state index in [0.29, 0.717) is 31.0 Å². The molecule has 2 aromatic rings. The lowest BCUT2D eigenvalue weighted by molar-refractivity contribution is -0.129. The zero-order valence-electron chi connectivity index (χ0n) is 16.2. The highest BCUT2D eigenvalue weighted by Crippen LogP contribution is 2.39. The van der Waals surface area contributed by atoms with Crippen LogP contribution in [0.1, 0.15) is 29.1 Å². The molecule has 1 aromatic carbocycles. The molecule has 1 aromatic heterocycles.